The second-order valence-corrected chi connectivity index (χ2v) is 4.42. The molecule has 0 aromatic rings. The van der Waals surface area contributed by atoms with E-state index in [0.717, 1.165) is 32.4 Å². The van der Waals surface area contributed by atoms with Crippen LogP contribution in [0, 0.1) is 0 Å². The van der Waals surface area contributed by atoms with Gasteiger partial charge in [0.15, 0.2) is 0 Å². The summed E-state index contributed by atoms with van der Waals surface area (Å²) in [6.07, 6.45) is 6.55. The predicted octanol–water partition coefficient (Wildman–Crippen LogP) is 1.47. The molecular formula is C13H22N2O2. The highest BCUT2D eigenvalue weighted by Crippen LogP contribution is 2.11. The van der Waals surface area contributed by atoms with Crippen LogP contribution < -0.4 is 5.32 Å². The Labute approximate surface area is 103 Å². The van der Waals surface area contributed by atoms with Gasteiger partial charge in [-0.15, -0.1) is 0 Å². The number of nitrogens with zero attached hydrogens (tertiary/aromatic N) is 1. The number of amides is 2. The van der Waals surface area contributed by atoms with Crippen molar-refractivity contribution in [3.05, 3.63) is 12.2 Å². The molecule has 0 aliphatic carbocycles. The van der Waals surface area contributed by atoms with Crippen molar-refractivity contribution >= 4 is 11.8 Å². The lowest BCUT2D eigenvalue weighted by atomic mass is 10.0. The zero-order chi connectivity index (χ0) is 12.7. The third-order valence-corrected chi connectivity index (χ3v) is 2.96. The molecular weight excluding hydrogens is 216 g/mol. The quantitative estimate of drug-likeness (QED) is 0.754. The third kappa shape index (κ3) is 4.59. The fraction of sp³-hybridized carbons (Fsp3) is 0.692. The van der Waals surface area contributed by atoms with Gasteiger partial charge in [-0.3, -0.25) is 9.59 Å². The number of allylic oxidation sites excluding steroid dienone is 1. The molecule has 1 aliphatic rings. The Morgan fingerprint density at radius 2 is 2.00 bits per heavy atom. The number of hydrogen-bond donors (Lipinski definition) is 1. The van der Waals surface area contributed by atoms with Crippen molar-refractivity contribution in [1.29, 1.82) is 0 Å². The molecule has 17 heavy (non-hydrogen) atoms. The lowest BCUT2D eigenvalue weighted by Crippen LogP contribution is -2.46. The Morgan fingerprint density at radius 1 is 1.35 bits per heavy atom. The first kappa shape index (κ1) is 13.7. The summed E-state index contributed by atoms with van der Waals surface area (Å²) >= 11 is 0. The van der Waals surface area contributed by atoms with Crippen LogP contribution in [0.4, 0.5) is 0 Å². The minimum atomic E-state index is 0.0748. The van der Waals surface area contributed by atoms with Crippen LogP contribution in [0.15, 0.2) is 12.2 Å². The maximum Gasteiger partial charge on any atom is 0.246 e. The number of carbonyl (C=O) groups excluding carboxylic acids is 2. The van der Waals surface area contributed by atoms with Gasteiger partial charge < -0.3 is 10.2 Å². The molecule has 0 unspecified atom stereocenters. The lowest BCUT2D eigenvalue weighted by Gasteiger charge is -2.31. The van der Waals surface area contributed by atoms with Crippen molar-refractivity contribution in [3.8, 4) is 0 Å². The summed E-state index contributed by atoms with van der Waals surface area (Å²) < 4.78 is 0. The predicted molar refractivity (Wildman–Crippen MR) is 67.5 cm³/mol. The second kappa shape index (κ2) is 7.09. The Kier molecular flexibility index (Phi) is 5.73. The second-order valence-electron chi connectivity index (χ2n) is 4.42. The molecule has 0 radical (unpaired) electrons. The molecule has 2 amide bonds. The molecule has 0 atom stereocenters. The van der Waals surface area contributed by atoms with Crippen LogP contribution in [-0.2, 0) is 9.59 Å². The topological polar surface area (TPSA) is 49.4 Å². The molecule has 0 saturated carbocycles. The van der Waals surface area contributed by atoms with Crippen molar-refractivity contribution in [2.24, 2.45) is 0 Å². The molecule has 4 nitrogen and oxygen atoms in total. The molecule has 4 heteroatoms. The summed E-state index contributed by atoms with van der Waals surface area (Å²) in [6, 6.07) is 0.240. The Hall–Kier alpha value is -1.32. The number of likely N-dealkylation sites (tertiary alicyclic amines) is 1. The van der Waals surface area contributed by atoms with Crippen LogP contribution in [0.25, 0.3) is 0 Å². The van der Waals surface area contributed by atoms with Crippen LogP contribution in [-0.4, -0.2) is 35.8 Å². The van der Waals surface area contributed by atoms with Gasteiger partial charge in [0.05, 0.1) is 0 Å². The normalized spacial score (nSPS) is 17.4. The van der Waals surface area contributed by atoms with Crippen molar-refractivity contribution in [2.45, 2.75) is 45.6 Å². The van der Waals surface area contributed by atoms with Gasteiger partial charge in [0.25, 0.3) is 0 Å². The average molecular weight is 238 g/mol. The molecule has 1 N–H and O–H groups in total. The highest BCUT2D eigenvalue weighted by molar-refractivity contribution is 5.87. The summed E-state index contributed by atoms with van der Waals surface area (Å²) in [4.78, 5) is 24.8. The summed E-state index contributed by atoms with van der Waals surface area (Å²) in [7, 11) is 0. The standard InChI is InChI=1S/C13H22N2O2/c1-3-5-12(16)14-11-7-9-15(10-8-11)13(17)6-4-2/h4,6,11H,3,5,7-10H2,1-2H3,(H,14,16). The summed E-state index contributed by atoms with van der Waals surface area (Å²) in [5.74, 6) is 0.205. The van der Waals surface area contributed by atoms with E-state index in [1.807, 2.05) is 18.7 Å². The van der Waals surface area contributed by atoms with Gasteiger partial charge in [-0.25, -0.2) is 0 Å². The zero-order valence-electron chi connectivity index (χ0n) is 10.7. The van der Waals surface area contributed by atoms with Crippen molar-refractivity contribution in [1.82, 2.24) is 10.2 Å². The van der Waals surface area contributed by atoms with Gasteiger partial charge in [0, 0.05) is 25.6 Å². The number of nitrogens with one attached hydrogen (secondary N) is 1. The first-order chi connectivity index (χ1) is 8.17. The lowest BCUT2D eigenvalue weighted by molar-refractivity contribution is -0.127. The Morgan fingerprint density at radius 3 is 2.53 bits per heavy atom. The van der Waals surface area contributed by atoms with Crippen LogP contribution >= 0.6 is 0 Å². The van der Waals surface area contributed by atoms with Crippen molar-refractivity contribution < 1.29 is 9.59 Å². The van der Waals surface area contributed by atoms with E-state index in [9.17, 15) is 9.59 Å². The third-order valence-electron chi connectivity index (χ3n) is 2.96. The zero-order valence-corrected chi connectivity index (χ0v) is 10.7. The smallest absolute Gasteiger partial charge is 0.246 e. The molecule has 0 spiro atoms. The maximum absolute atomic E-state index is 11.6. The monoisotopic (exact) mass is 238 g/mol. The van der Waals surface area contributed by atoms with E-state index in [4.69, 9.17) is 0 Å². The summed E-state index contributed by atoms with van der Waals surface area (Å²) in [5, 5.41) is 3.02. The SMILES string of the molecule is CC=CC(=O)N1CCC(NC(=O)CCC)CC1. The van der Waals surface area contributed by atoms with Gasteiger partial charge in [-0.1, -0.05) is 13.0 Å². The van der Waals surface area contributed by atoms with E-state index >= 15 is 0 Å². The van der Waals surface area contributed by atoms with Crippen LogP contribution in [0.5, 0.6) is 0 Å². The minimum absolute atomic E-state index is 0.0748. The van der Waals surface area contributed by atoms with Gasteiger partial charge in [0.1, 0.15) is 0 Å². The maximum atomic E-state index is 11.6. The van der Waals surface area contributed by atoms with E-state index in [0.29, 0.717) is 6.42 Å². The Bertz CT molecular complexity index is 292. The fourth-order valence-electron chi connectivity index (χ4n) is 2.02. The van der Waals surface area contributed by atoms with E-state index in [1.54, 1.807) is 12.2 Å². The molecule has 0 aromatic carbocycles. The first-order valence-electron chi connectivity index (χ1n) is 6.38. The van der Waals surface area contributed by atoms with Crippen LogP contribution in [0.3, 0.4) is 0 Å². The van der Waals surface area contributed by atoms with Gasteiger partial charge in [0.2, 0.25) is 11.8 Å². The molecule has 1 aliphatic heterocycles. The first-order valence-corrected chi connectivity index (χ1v) is 6.38. The molecule has 1 heterocycles. The van der Waals surface area contributed by atoms with Gasteiger partial charge in [-0.05, 0) is 32.3 Å². The molecule has 1 saturated heterocycles. The largest absolute Gasteiger partial charge is 0.353 e. The summed E-state index contributed by atoms with van der Waals surface area (Å²) in [6.45, 7) is 5.31. The van der Waals surface area contributed by atoms with E-state index in [-0.39, 0.29) is 17.9 Å². The molecule has 0 bridgehead atoms. The number of hydrogen-bond acceptors (Lipinski definition) is 2. The van der Waals surface area contributed by atoms with E-state index < -0.39 is 0 Å². The number of piperidine rings is 1. The van der Waals surface area contributed by atoms with Crippen molar-refractivity contribution in [3.63, 3.8) is 0 Å². The molecule has 96 valence electrons. The number of carbonyl (C=O) groups is 2. The fourth-order valence-corrected chi connectivity index (χ4v) is 2.02. The molecule has 1 rings (SSSR count). The summed E-state index contributed by atoms with van der Waals surface area (Å²) in [5.41, 5.74) is 0. The van der Waals surface area contributed by atoms with Crippen molar-refractivity contribution in [2.75, 3.05) is 13.1 Å². The number of rotatable bonds is 4. The van der Waals surface area contributed by atoms with Crippen LogP contribution in [0.2, 0.25) is 0 Å². The highest BCUT2D eigenvalue weighted by Gasteiger charge is 2.22. The molecule has 0 aromatic heterocycles. The van der Waals surface area contributed by atoms with Gasteiger partial charge in [-0.2, -0.15) is 0 Å². The van der Waals surface area contributed by atoms with E-state index in [2.05, 4.69) is 5.32 Å². The van der Waals surface area contributed by atoms with Gasteiger partial charge >= 0.3 is 0 Å². The highest BCUT2D eigenvalue weighted by atomic mass is 16.2. The van der Waals surface area contributed by atoms with Crippen LogP contribution in [0.1, 0.15) is 39.5 Å². The van der Waals surface area contributed by atoms with E-state index in [1.165, 1.54) is 0 Å². The minimum Gasteiger partial charge on any atom is -0.353 e. The average Bonchev–Trinajstić information content (AvgIpc) is 2.30. The molecule has 1 fully saturated rings. The Balaban J connectivity index is 2.30.